The van der Waals surface area contributed by atoms with Crippen molar-refractivity contribution in [2.24, 2.45) is 5.92 Å². The van der Waals surface area contributed by atoms with Crippen LogP contribution in [0.3, 0.4) is 0 Å². The fraction of sp³-hybridized carbons (Fsp3) is 0.346. The topological polar surface area (TPSA) is 81.7 Å². The first-order chi connectivity index (χ1) is 16.5. The van der Waals surface area contributed by atoms with E-state index in [1.54, 1.807) is 31.2 Å². The van der Waals surface area contributed by atoms with Gasteiger partial charge in [0.05, 0.1) is 18.6 Å². The number of anilines is 1. The molecule has 0 bridgehead atoms. The smallest absolute Gasteiger partial charge is 0.341 e. The summed E-state index contributed by atoms with van der Waals surface area (Å²) in [5.74, 6) is -0.912. The van der Waals surface area contributed by atoms with E-state index < -0.39 is 23.9 Å². The second-order valence-corrected chi connectivity index (χ2v) is 10.2. The molecule has 1 aromatic carbocycles. The molecule has 0 spiro atoms. The third-order valence-corrected chi connectivity index (χ3v) is 7.65. The van der Waals surface area contributed by atoms with Crippen molar-refractivity contribution in [3.63, 3.8) is 0 Å². The van der Waals surface area contributed by atoms with E-state index in [4.69, 9.17) is 9.47 Å². The van der Waals surface area contributed by atoms with Gasteiger partial charge >= 0.3 is 11.9 Å². The molecule has 1 aliphatic rings. The Morgan fingerprint density at radius 1 is 1.18 bits per heavy atom. The first-order valence-electron chi connectivity index (χ1n) is 11.3. The lowest BCUT2D eigenvalue weighted by atomic mass is 9.88. The van der Waals surface area contributed by atoms with Gasteiger partial charge in [0.1, 0.15) is 5.00 Å². The number of carbonyl (C=O) groups is 3. The standard InChI is InChI=1S/C26H27NO5S2/c1-3-31-26(30)22-19-10-9-16(2)13-20(19)34-25(22)27-24(29)23(18-7-5-4-6-8-18)32-21(28)14-17-11-12-33-15-17/h4-8,11-12,15-16,23H,3,9-10,13-14H2,1-2H3,(H,27,29). The van der Waals surface area contributed by atoms with Crippen LogP contribution in [0.5, 0.6) is 0 Å². The van der Waals surface area contributed by atoms with Crippen LogP contribution < -0.4 is 5.32 Å². The van der Waals surface area contributed by atoms with E-state index in [0.717, 1.165) is 35.3 Å². The Morgan fingerprint density at radius 2 is 1.97 bits per heavy atom. The van der Waals surface area contributed by atoms with Crippen molar-refractivity contribution < 1.29 is 23.9 Å². The maximum atomic E-state index is 13.4. The molecule has 2 atom stereocenters. The van der Waals surface area contributed by atoms with Crippen LogP contribution in [-0.2, 0) is 38.3 Å². The fourth-order valence-electron chi connectivity index (χ4n) is 4.07. The van der Waals surface area contributed by atoms with Gasteiger partial charge in [0.25, 0.3) is 5.91 Å². The molecule has 0 saturated carbocycles. The highest BCUT2D eigenvalue weighted by Gasteiger charge is 2.32. The minimum absolute atomic E-state index is 0.0827. The van der Waals surface area contributed by atoms with Crippen molar-refractivity contribution in [3.05, 3.63) is 74.3 Å². The summed E-state index contributed by atoms with van der Waals surface area (Å²) in [5.41, 5.74) is 2.79. The molecule has 1 N–H and O–H groups in total. The Morgan fingerprint density at radius 3 is 2.68 bits per heavy atom. The van der Waals surface area contributed by atoms with Gasteiger partial charge in [-0.1, -0.05) is 37.3 Å². The third-order valence-electron chi connectivity index (χ3n) is 5.75. The maximum absolute atomic E-state index is 13.4. The van der Waals surface area contributed by atoms with Crippen molar-refractivity contribution in [1.82, 2.24) is 0 Å². The highest BCUT2D eigenvalue weighted by Crippen LogP contribution is 2.40. The molecule has 0 radical (unpaired) electrons. The molecule has 1 amide bonds. The summed E-state index contributed by atoms with van der Waals surface area (Å²) in [6.45, 7) is 4.19. The van der Waals surface area contributed by atoms with Crippen LogP contribution >= 0.6 is 22.7 Å². The highest BCUT2D eigenvalue weighted by molar-refractivity contribution is 7.17. The quantitative estimate of drug-likeness (QED) is 0.411. The second kappa shape index (κ2) is 11.0. The van der Waals surface area contributed by atoms with E-state index in [-0.39, 0.29) is 13.0 Å². The molecule has 1 aliphatic carbocycles. The Hall–Kier alpha value is -2.97. The summed E-state index contributed by atoms with van der Waals surface area (Å²) in [6, 6.07) is 10.8. The Labute approximate surface area is 206 Å². The van der Waals surface area contributed by atoms with Crippen LogP contribution in [0.4, 0.5) is 5.00 Å². The van der Waals surface area contributed by atoms with Gasteiger partial charge in [-0.3, -0.25) is 9.59 Å². The lowest BCUT2D eigenvalue weighted by molar-refractivity contribution is -0.154. The number of amides is 1. The fourth-order valence-corrected chi connectivity index (χ4v) is 6.14. The molecule has 2 unspecified atom stereocenters. The van der Waals surface area contributed by atoms with E-state index in [0.29, 0.717) is 22.0 Å². The number of hydrogen-bond donors (Lipinski definition) is 1. The van der Waals surface area contributed by atoms with Crippen LogP contribution in [0.2, 0.25) is 0 Å². The van der Waals surface area contributed by atoms with E-state index in [1.165, 1.54) is 22.7 Å². The SMILES string of the molecule is CCOC(=O)c1c(NC(=O)C(OC(=O)Cc2ccsc2)c2ccccc2)sc2c1CCC(C)C2. The van der Waals surface area contributed by atoms with Crippen LogP contribution in [-0.4, -0.2) is 24.5 Å². The predicted molar refractivity (Wildman–Crippen MR) is 133 cm³/mol. The summed E-state index contributed by atoms with van der Waals surface area (Å²) in [6.07, 6.45) is 1.56. The third kappa shape index (κ3) is 5.56. The molecule has 2 heterocycles. The summed E-state index contributed by atoms with van der Waals surface area (Å²) >= 11 is 2.91. The van der Waals surface area contributed by atoms with Gasteiger partial charge in [0, 0.05) is 10.4 Å². The number of fused-ring (bicyclic) bond motifs is 1. The highest BCUT2D eigenvalue weighted by atomic mass is 32.1. The molecule has 0 fully saturated rings. The van der Waals surface area contributed by atoms with E-state index in [1.807, 2.05) is 22.9 Å². The van der Waals surface area contributed by atoms with Gasteiger partial charge in [0.15, 0.2) is 0 Å². The molecule has 2 aromatic heterocycles. The number of rotatable bonds is 8. The summed E-state index contributed by atoms with van der Waals surface area (Å²) in [7, 11) is 0. The molecule has 0 aliphatic heterocycles. The van der Waals surface area contributed by atoms with Crippen molar-refractivity contribution >= 4 is 45.5 Å². The van der Waals surface area contributed by atoms with Gasteiger partial charge in [-0.2, -0.15) is 11.3 Å². The van der Waals surface area contributed by atoms with Crippen LogP contribution in [0.25, 0.3) is 0 Å². The first kappa shape index (κ1) is 24.2. The Kier molecular flexibility index (Phi) is 7.80. The predicted octanol–water partition coefficient (Wildman–Crippen LogP) is 5.58. The van der Waals surface area contributed by atoms with Gasteiger partial charge in [-0.05, 0) is 60.1 Å². The number of thiophene rings is 2. The van der Waals surface area contributed by atoms with Crippen molar-refractivity contribution in [2.75, 3.05) is 11.9 Å². The van der Waals surface area contributed by atoms with Crippen molar-refractivity contribution in [2.45, 2.75) is 45.6 Å². The number of nitrogens with one attached hydrogen (secondary N) is 1. The van der Waals surface area contributed by atoms with Gasteiger partial charge < -0.3 is 14.8 Å². The number of benzene rings is 1. The Bertz CT molecular complexity index is 1150. The maximum Gasteiger partial charge on any atom is 0.341 e. The monoisotopic (exact) mass is 497 g/mol. The molecular weight excluding hydrogens is 470 g/mol. The lowest BCUT2D eigenvalue weighted by Gasteiger charge is -2.19. The summed E-state index contributed by atoms with van der Waals surface area (Å²) in [4.78, 5) is 40.0. The molecule has 4 rings (SSSR count). The average Bonchev–Trinajstić information content (AvgIpc) is 3.45. The van der Waals surface area contributed by atoms with E-state index in [2.05, 4.69) is 12.2 Å². The zero-order chi connectivity index (χ0) is 24.1. The molecule has 8 heteroatoms. The van der Waals surface area contributed by atoms with Gasteiger partial charge in [0.2, 0.25) is 6.10 Å². The second-order valence-electron chi connectivity index (χ2n) is 8.35. The molecule has 34 heavy (non-hydrogen) atoms. The minimum Gasteiger partial charge on any atom is -0.462 e. The van der Waals surface area contributed by atoms with Crippen molar-refractivity contribution in [3.8, 4) is 0 Å². The number of ether oxygens (including phenoxy) is 2. The average molecular weight is 498 g/mol. The molecule has 0 saturated heterocycles. The Balaban J connectivity index is 1.61. The molecule has 3 aromatic rings. The lowest BCUT2D eigenvalue weighted by Crippen LogP contribution is -2.27. The summed E-state index contributed by atoms with van der Waals surface area (Å²) in [5, 5.41) is 7.11. The number of esters is 2. The van der Waals surface area contributed by atoms with Gasteiger partial charge in [-0.25, -0.2) is 4.79 Å². The zero-order valence-corrected chi connectivity index (χ0v) is 20.8. The first-order valence-corrected chi connectivity index (χ1v) is 13.1. The normalized spacial score (nSPS) is 15.8. The minimum atomic E-state index is -1.14. The van der Waals surface area contributed by atoms with E-state index in [9.17, 15) is 14.4 Å². The van der Waals surface area contributed by atoms with Gasteiger partial charge in [-0.15, -0.1) is 11.3 Å². The molecular formula is C26H27NO5S2. The number of hydrogen-bond acceptors (Lipinski definition) is 7. The molecule has 6 nitrogen and oxygen atoms in total. The van der Waals surface area contributed by atoms with Crippen LogP contribution in [0.15, 0.2) is 47.2 Å². The largest absolute Gasteiger partial charge is 0.462 e. The van der Waals surface area contributed by atoms with Crippen LogP contribution in [0.1, 0.15) is 58.3 Å². The van der Waals surface area contributed by atoms with Crippen molar-refractivity contribution in [1.29, 1.82) is 0 Å². The van der Waals surface area contributed by atoms with Crippen LogP contribution in [0, 0.1) is 5.92 Å². The molecule has 178 valence electrons. The van der Waals surface area contributed by atoms with E-state index >= 15 is 0 Å². The number of carbonyl (C=O) groups excluding carboxylic acids is 3. The summed E-state index contributed by atoms with van der Waals surface area (Å²) < 4.78 is 11.0. The zero-order valence-electron chi connectivity index (χ0n) is 19.2.